The fraction of sp³-hybridized carbons (Fsp3) is 0.571. The Hall–Kier alpha value is -1.20. The first-order chi connectivity index (χ1) is 9.26. The van der Waals surface area contributed by atoms with Crippen LogP contribution in [0.5, 0.6) is 0 Å². The van der Waals surface area contributed by atoms with Gasteiger partial charge in [-0.25, -0.2) is 4.98 Å². The van der Waals surface area contributed by atoms with Crippen LogP contribution in [-0.2, 0) is 20.0 Å². The van der Waals surface area contributed by atoms with Gasteiger partial charge in [0, 0.05) is 30.7 Å². The molecule has 0 aliphatic heterocycles. The van der Waals surface area contributed by atoms with Crippen molar-refractivity contribution < 1.29 is 0 Å². The molecule has 4 nitrogen and oxygen atoms in total. The van der Waals surface area contributed by atoms with Crippen molar-refractivity contribution in [1.29, 1.82) is 0 Å². The van der Waals surface area contributed by atoms with Gasteiger partial charge in [0.05, 0.1) is 5.69 Å². The fourth-order valence-electron chi connectivity index (χ4n) is 2.12. The second-order valence-corrected chi connectivity index (χ2v) is 6.25. The van der Waals surface area contributed by atoms with E-state index in [4.69, 9.17) is 4.98 Å². The molecule has 0 atom stereocenters. The lowest BCUT2D eigenvalue weighted by Crippen LogP contribution is -2.15. The van der Waals surface area contributed by atoms with Crippen molar-refractivity contribution in [3.8, 4) is 10.7 Å². The predicted molar refractivity (Wildman–Crippen MR) is 78.2 cm³/mol. The maximum Gasteiger partial charge on any atom is 0.144 e. The number of thiazole rings is 1. The van der Waals surface area contributed by atoms with E-state index in [1.54, 1.807) is 11.3 Å². The van der Waals surface area contributed by atoms with Gasteiger partial charge < -0.3 is 5.32 Å². The first kappa shape index (κ1) is 12.8. The third-order valence-electron chi connectivity index (χ3n) is 3.33. The van der Waals surface area contributed by atoms with Crippen molar-refractivity contribution in [2.75, 3.05) is 0 Å². The van der Waals surface area contributed by atoms with Gasteiger partial charge in [0.15, 0.2) is 0 Å². The predicted octanol–water partition coefficient (Wildman–Crippen LogP) is 2.75. The van der Waals surface area contributed by atoms with Crippen LogP contribution < -0.4 is 5.32 Å². The van der Waals surface area contributed by atoms with Crippen molar-refractivity contribution in [3.05, 3.63) is 22.8 Å². The summed E-state index contributed by atoms with van der Waals surface area (Å²) in [5, 5.41) is 9.09. The first-order valence-corrected chi connectivity index (χ1v) is 7.80. The van der Waals surface area contributed by atoms with Crippen LogP contribution >= 0.6 is 11.3 Å². The standard InChI is InChI=1S/C14H20N4S/c1-3-4-11-13(9-15-10-5-6-10)19-14(16-11)12-7-8-18(2)17-12/h7-8,10,15H,3-6,9H2,1-2H3. The quantitative estimate of drug-likeness (QED) is 0.882. The Morgan fingerprint density at radius 3 is 2.95 bits per heavy atom. The van der Waals surface area contributed by atoms with Crippen LogP contribution in [0.25, 0.3) is 10.7 Å². The van der Waals surface area contributed by atoms with E-state index in [0.717, 1.165) is 36.1 Å². The topological polar surface area (TPSA) is 42.7 Å². The Kier molecular flexibility index (Phi) is 3.66. The highest BCUT2D eigenvalue weighted by atomic mass is 32.1. The number of rotatable bonds is 6. The smallest absolute Gasteiger partial charge is 0.144 e. The number of hydrogen-bond acceptors (Lipinski definition) is 4. The largest absolute Gasteiger partial charge is 0.309 e. The maximum atomic E-state index is 4.78. The molecular formula is C14H20N4S. The summed E-state index contributed by atoms with van der Waals surface area (Å²) in [4.78, 5) is 6.17. The van der Waals surface area contributed by atoms with E-state index in [1.165, 1.54) is 23.4 Å². The van der Waals surface area contributed by atoms with Gasteiger partial charge in [0.1, 0.15) is 10.7 Å². The SMILES string of the molecule is CCCc1nc(-c2ccn(C)n2)sc1CNC1CC1. The lowest BCUT2D eigenvalue weighted by molar-refractivity contribution is 0.686. The van der Waals surface area contributed by atoms with Crippen molar-refractivity contribution in [2.24, 2.45) is 7.05 Å². The Morgan fingerprint density at radius 1 is 1.47 bits per heavy atom. The average molecular weight is 276 g/mol. The summed E-state index contributed by atoms with van der Waals surface area (Å²) in [6, 6.07) is 2.78. The fourth-order valence-corrected chi connectivity index (χ4v) is 3.14. The van der Waals surface area contributed by atoms with Crippen LogP contribution in [0.4, 0.5) is 0 Å². The molecule has 0 spiro atoms. The molecule has 2 aromatic rings. The van der Waals surface area contributed by atoms with E-state index in [0.29, 0.717) is 0 Å². The lowest BCUT2D eigenvalue weighted by atomic mass is 10.2. The van der Waals surface area contributed by atoms with Gasteiger partial charge in [0.2, 0.25) is 0 Å². The summed E-state index contributed by atoms with van der Waals surface area (Å²) in [7, 11) is 1.94. The molecular weight excluding hydrogens is 256 g/mol. The summed E-state index contributed by atoms with van der Waals surface area (Å²) >= 11 is 1.79. The minimum atomic E-state index is 0.745. The van der Waals surface area contributed by atoms with Gasteiger partial charge in [-0.3, -0.25) is 4.68 Å². The number of nitrogens with zero attached hydrogens (tertiary/aromatic N) is 3. The van der Waals surface area contributed by atoms with Crippen molar-refractivity contribution in [1.82, 2.24) is 20.1 Å². The molecule has 0 aromatic carbocycles. The molecule has 1 saturated carbocycles. The monoisotopic (exact) mass is 276 g/mol. The van der Waals surface area contributed by atoms with Gasteiger partial charge >= 0.3 is 0 Å². The molecule has 0 radical (unpaired) electrons. The van der Waals surface area contributed by atoms with Crippen molar-refractivity contribution >= 4 is 11.3 Å². The van der Waals surface area contributed by atoms with E-state index in [9.17, 15) is 0 Å². The highest BCUT2D eigenvalue weighted by molar-refractivity contribution is 7.15. The van der Waals surface area contributed by atoms with Crippen LogP contribution in [0, 0.1) is 0 Å². The van der Waals surface area contributed by atoms with Gasteiger partial charge in [-0.05, 0) is 25.3 Å². The Balaban J connectivity index is 1.81. The van der Waals surface area contributed by atoms with Gasteiger partial charge in [0.25, 0.3) is 0 Å². The summed E-state index contributed by atoms with van der Waals surface area (Å²) in [5.74, 6) is 0. The molecule has 102 valence electrons. The third-order valence-corrected chi connectivity index (χ3v) is 4.45. The van der Waals surface area contributed by atoms with E-state index in [2.05, 4.69) is 17.3 Å². The number of aromatic nitrogens is 3. The summed E-state index contributed by atoms with van der Waals surface area (Å²) < 4.78 is 1.83. The normalized spacial score (nSPS) is 15.1. The molecule has 1 N–H and O–H groups in total. The Labute approximate surface area is 117 Å². The molecule has 3 rings (SSSR count). The van der Waals surface area contributed by atoms with E-state index in [1.807, 2.05) is 24.0 Å². The molecule has 2 aromatic heterocycles. The average Bonchev–Trinajstić information content (AvgIpc) is 2.99. The van der Waals surface area contributed by atoms with Crippen LogP contribution in [-0.4, -0.2) is 20.8 Å². The summed E-state index contributed by atoms with van der Waals surface area (Å²) in [6.07, 6.45) is 6.83. The molecule has 0 saturated heterocycles. The first-order valence-electron chi connectivity index (χ1n) is 6.98. The maximum absolute atomic E-state index is 4.78. The van der Waals surface area contributed by atoms with E-state index >= 15 is 0 Å². The zero-order chi connectivity index (χ0) is 13.2. The van der Waals surface area contributed by atoms with Crippen molar-refractivity contribution in [2.45, 2.75) is 45.2 Å². The minimum absolute atomic E-state index is 0.745. The van der Waals surface area contributed by atoms with Crippen LogP contribution in [0.2, 0.25) is 0 Å². The molecule has 1 aliphatic carbocycles. The Morgan fingerprint density at radius 2 is 2.32 bits per heavy atom. The number of hydrogen-bond donors (Lipinski definition) is 1. The second-order valence-electron chi connectivity index (χ2n) is 5.17. The molecule has 2 heterocycles. The zero-order valence-corrected chi connectivity index (χ0v) is 12.3. The molecule has 5 heteroatoms. The van der Waals surface area contributed by atoms with Crippen LogP contribution in [0.3, 0.4) is 0 Å². The Bertz CT molecular complexity index is 554. The third kappa shape index (κ3) is 3.04. The molecule has 1 fully saturated rings. The molecule has 19 heavy (non-hydrogen) atoms. The van der Waals surface area contributed by atoms with Crippen LogP contribution in [0.1, 0.15) is 36.8 Å². The molecule has 0 bridgehead atoms. The van der Waals surface area contributed by atoms with Gasteiger partial charge in [-0.2, -0.15) is 5.10 Å². The van der Waals surface area contributed by atoms with Crippen LogP contribution in [0.15, 0.2) is 12.3 Å². The lowest BCUT2D eigenvalue weighted by Gasteiger charge is -2.01. The molecule has 0 unspecified atom stereocenters. The number of aryl methyl sites for hydroxylation is 2. The zero-order valence-electron chi connectivity index (χ0n) is 11.5. The van der Waals surface area contributed by atoms with E-state index < -0.39 is 0 Å². The molecule has 0 amide bonds. The van der Waals surface area contributed by atoms with Gasteiger partial charge in [-0.1, -0.05) is 13.3 Å². The minimum Gasteiger partial charge on any atom is -0.309 e. The number of nitrogens with one attached hydrogen (secondary N) is 1. The second kappa shape index (κ2) is 5.43. The van der Waals surface area contributed by atoms with Crippen molar-refractivity contribution in [3.63, 3.8) is 0 Å². The molecule has 1 aliphatic rings. The van der Waals surface area contributed by atoms with E-state index in [-0.39, 0.29) is 0 Å². The highest BCUT2D eigenvalue weighted by Crippen LogP contribution is 2.29. The summed E-state index contributed by atoms with van der Waals surface area (Å²) in [5.41, 5.74) is 2.24. The summed E-state index contributed by atoms with van der Waals surface area (Å²) in [6.45, 7) is 3.17. The highest BCUT2D eigenvalue weighted by Gasteiger charge is 2.21. The van der Waals surface area contributed by atoms with Gasteiger partial charge in [-0.15, -0.1) is 11.3 Å².